The summed E-state index contributed by atoms with van der Waals surface area (Å²) in [5.41, 5.74) is 2.46. The number of rotatable bonds is 8. The highest BCUT2D eigenvalue weighted by atomic mass is 16.2. The lowest BCUT2D eigenvalue weighted by molar-refractivity contribution is -0.139. The third-order valence-corrected chi connectivity index (χ3v) is 4.33. The SMILES string of the molecule is C[C@H](CNC(=O)C(=O)N[C@H](C)CCc1ccccc1)Cc1ccccc1. The second kappa shape index (κ2) is 10.4. The summed E-state index contributed by atoms with van der Waals surface area (Å²) in [6.45, 7) is 4.47. The number of carbonyl (C=O) groups is 2. The van der Waals surface area contributed by atoms with Crippen LogP contribution in [0.1, 0.15) is 31.4 Å². The molecule has 0 heterocycles. The number of benzene rings is 2. The third-order valence-electron chi connectivity index (χ3n) is 4.33. The van der Waals surface area contributed by atoms with Crippen LogP contribution in [0.15, 0.2) is 60.7 Å². The van der Waals surface area contributed by atoms with Crippen LogP contribution in [0.25, 0.3) is 0 Å². The molecule has 0 aliphatic carbocycles. The molecule has 0 aliphatic rings. The Morgan fingerprint density at radius 2 is 1.42 bits per heavy atom. The molecule has 2 N–H and O–H groups in total. The Labute approximate surface area is 156 Å². The van der Waals surface area contributed by atoms with Crippen molar-refractivity contribution >= 4 is 11.8 Å². The fourth-order valence-electron chi connectivity index (χ4n) is 2.83. The van der Waals surface area contributed by atoms with Gasteiger partial charge in [-0.3, -0.25) is 9.59 Å². The van der Waals surface area contributed by atoms with Gasteiger partial charge in [0, 0.05) is 12.6 Å². The Kier molecular flexibility index (Phi) is 7.87. The molecule has 0 radical (unpaired) electrons. The molecule has 4 heteroatoms. The summed E-state index contributed by atoms with van der Waals surface area (Å²) in [5.74, 6) is -0.849. The molecule has 2 atom stereocenters. The molecule has 0 aliphatic heterocycles. The Bertz CT molecular complexity index is 686. The predicted molar refractivity (Wildman–Crippen MR) is 105 cm³/mol. The van der Waals surface area contributed by atoms with E-state index < -0.39 is 11.8 Å². The first-order valence-electron chi connectivity index (χ1n) is 9.21. The Hall–Kier alpha value is -2.62. The molecule has 2 aromatic rings. The average Bonchev–Trinajstić information content (AvgIpc) is 2.66. The Morgan fingerprint density at radius 1 is 0.846 bits per heavy atom. The topological polar surface area (TPSA) is 58.2 Å². The van der Waals surface area contributed by atoms with Gasteiger partial charge < -0.3 is 10.6 Å². The van der Waals surface area contributed by atoms with Crippen molar-refractivity contribution in [1.29, 1.82) is 0 Å². The fraction of sp³-hybridized carbons (Fsp3) is 0.364. The van der Waals surface area contributed by atoms with E-state index in [0.29, 0.717) is 6.54 Å². The molecular weight excluding hydrogens is 324 g/mol. The maximum absolute atomic E-state index is 12.0. The molecule has 0 fully saturated rings. The summed E-state index contributed by atoms with van der Waals surface area (Å²) in [7, 11) is 0. The second-order valence-corrected chi connectivity index (χ2v) is 6.90. The largest absolute Gasteiger partial charge is 0.348 e. The van der Waals surface area contributed by atoms with Crippen molar-refractivity contribution in [1.82, 2.24) is 10.6 Å². The molecule has 26 heavy (non-hydrogen) atoms. The summed E-state index contributed by atoms with van der Waals surface area (Å²) in [6, 6.07) is 20.2. The van der Waals surface area contributed by atoms with Crippen LogP contribution in [-0.4, -0.2) is 24.4 Å². The minimum Gasteiger partial charge on any atom is -0.348 e. The molecule has 0 saturated carbocycles. The molecule has 4 nitrogen and oxygen atoms in total. The van der Waals surface area contributed by atoms with Gasteiger partial charge in [-0.25, -0.2) is 0 Å². The molecule has 138 valence electrons. The lowest BCUT2D eigenvalue weighted by Gasteiger charge is -2.15. The smallest absolute Gasteiger partial charge is 0.309 e. The minimum absolute atomic E-state index is 0.0461. The van der Waals surface area contributed by atoms with Gasteiger partial charge in [-0.1, -0.05) is 67.6 Å². The zero-order valence-electron chi connectivity index (χ0n) is 15.6. The molecule has 0 spiro atoms. The summed E-state index contributed by atoms with van der Waals surface area (Å²) in [5, 5.41) is 5.50. The van der Waals surface area contributed by atoms with Gasteiger partial charge in [0.2, 0.25) is 0 Å². The van der Waals surface area contributed by atoms with Crippen molar-refractivity contribution in [3.8, 4) is 0 Å². The van der Waals surface area contributed by atoms with Crippen molar-refractivity contribution in [2.24, 2.45) is 5.92 Å². The second-order valence-electron chi connectivity index (χ2n) is 6.90. The highest BCUT2D eigenvalue weighted by molar-refractivity contribution is 6.35. The van der Waals surface area contributed by atoms with E-state index in [1.54, 1.807) is 0 Å². The van der Waals surface area contributed by atoms with Gasteiger partial charge >= 0.3 is 11.8 Å². The summed E-state index contributed by atoms with van der Waals surface area (Å²) in [4.78, 5) is 24.0. The van der Waals surface area contributed by atoms with Crippen molar-refractivity contribution in [2.45, 2.75) is 39.2 Å². The first kappa shape index (κ1) is 19.7. The molecule has 0 bridgehead atoms. The summed E-state index contributed by atoms with van der Waals surface area (Å²) >= 11 is 0. The monoisotopic (exact) mass is 352 g/mol. The predicted octanol–water partition coefficient (Wildman–Crippen LogP) is 3.12. The van der Waals surface area contributed by atoms with Gasteiger partial charge in [-0.2, -0.15) is 0 Å². The van der Waals surface area contributed by atoms with E-state index in [0.717, 1.165) is 19.3 Å². The van der Waals surface area contributed by atoms with Crippen molar-refractivity contribution in [3.05, 3.63) is 71.8 Å². The molecule has 0 aromatic heterocycles. The summed E-state index contributed by atoms with van der Waals surface area (Å²) in [6.07, 6.45) is 2.54. The van der Waals surface area contributed by atoms with Gasteiger partial charge in [-0.15, -0.1) is 0 Å². The van der Waals surface area contributed by atoms with Gasteiger partial charge in [-0.05, 0) is 43.2 Å². The number of nitrogens with one attached hydrogen (secondary N) is 2. The number of amides is 2. The first-order chi connectivity index (χ1) is 12.5. The van der Waals surface area contributed by atoms with Gasteiger partial charge in [0.1, 0.15) is 0 Å². The van der Waals surface area contributed by atoms with E-state index in [4.69, 9.17) is 0 Å². The van der Waals surface area contributed by atoms with Gasteiger partial charge in [0.05, 0.1) is 0 Å². The lowest BCUT2D eigenvalue weighted by atomic mass is 10.0. The van der Waals surface area contributed by atoms with Gasteiger partial charge in [0.15, 0.2) is 0 Å². The van der Waals surface area contributed by atoms with Crippen LogP contribution in [0.3, 0.4) is 0 Å². The fourth-order valence-corrected chi connectivity index (χ4v) is 2.83. The van der Waals surface area contributed by atoms with E-state index >= 15 is 0 Å². The van der Waals surface area contributed by atoms with Crippen LogP contribution >= 0.6 is 0 Å². The Morgan fingerprint density at radius 3 is 2.04 bits per heavy atom. The van der Waals surface area contributed by atoms with Crippen LogP contribution in [0.4, 0.5) is 0 Å². The van der Waals surface area contributed by atoms with Crippen LogP contribution in [-0.2, 0) is 22.4 Å². The van der Waals surface area contributed by atoms with E-state index in [1.165, 1.54) is 11.1 Å². The van der Waals surface area contributed by atoms with Gasteiger partial charge in [0.25, 0.3) is 0 Å². The highest BCUT2D eigenvalue weighted by Gasteiger charge is 2.16. The zero-order valence-corrected chi connectivity index (χ0v) is 15.6. The maximum Gasteiger partial charge on any atom is 0.309 e. The molecule has 2 rings (SSSR count). The molecular formula is C22H28N2O2. The number of hydrogen-bond donors (Lipinski definition) is 2. The van der Waals surface area contributed by atoms with Crippen molar-refractivity contribution in [2.75, 3.05) is 6.54 Å². The summed E-state index contributed by atoms with van der Waals surface area (Å²) < 4.78 is 0. The third kappa shape index (κ3) is 7.09. The highest BCUT2D eigenvalue weighted by Crippen LogP contribution is 2.07. The standard InChI is InChI=1S/C22H28N2O2/c1-17(15-20-11-7-4-8-12-20)16-23-21(25)22(26)24-18(2)13-14-19-9-5-3-6-10-19/h3-12,17-18H,13-16H2,1-2H3,(H,23,25)(H,24,26)/t17-,18+/m0/s1. The van der Waals surface area contributed by atoms with E-state index in [-0.39, 0.29) is 12.0 Å². The van der Waals surface area contributed by atoms with E-state index in [1.807, 2.05) is 43.3 Å². The maximum atomic E-state index is 12.0. The molecule has 2 aromatic carbocycles. The number of carbonyl (C=O) groups excluding carboxylic acids is 2. The van der Waals surface area contributed by atoms with Crippen molar-refractivity contribution in [3.63, 3.8) is 0 Å². The first-order valence-corrected chi connectivity index (χ1v) is 9.21. The van der Waals surface area contributed by atoms with E-state index in [9.17, 15) is 9.59 Å². The number of hydrogen-bond acceptors (Lipinski definition) is 2. The zero-order chi connectivity index (χ0) is 18.8. The normalized spacial score (nSPS) is 12.8. The molecule has 0 saturated heterocycles. The minimum atomic E-state index is -0.559. The Balaban J connectivity index is 1.67. The van der Waals surface area contributed by atoms with Crippen LogP contribution in [0.2, 0.25) is 0 Å². The quantitative estimate of drug-likeness (QED) is 0.717. The van der Waals surface area contributed by atoms with E-state index in [2.05, 4.69) is 41.8 Å². The van der Waals surface area contributed by atoms with Crippen LogP contribution in [0.5, 0.6) is 0 Å². The number of aryl methyl sites for hydroxylation is 1. The molecule has 0 unspecified atom stereocenters. The van der Waals surface area contributed by atoms with Crippen LogP contribution < -0.4 is 10.6 Å². The average molecular weight is 352 g/mol. The van der Waals surface area contributed by atoms with Crippen molar-refractivity contribution < 1.29 is 9.59 Å². The molecule has 2 amide bonds. The lowest BCUT2D eigenvalue weighted by Crippen LogP contribution is -2.44. The van der Waals surface area contributed by atoms with Crippen LogP contribution in [0, 0.1) is 5.92 Å².